The second-order valence-electron chi connectivity index (χ2n) is 12.2. The van der Waals surface area contributed by atoms with E-state index in [-0.39, 0.29) is 6.42 Å². The van der Waals surface area contributed by atoms with Gasteiger partial charge in [0.2, 0.25) is 5.91 Å². The van der Waals surface area contributed by atoms with Gasteiger partial charge in [0.15, 0.2) is 0 Å². The molecule has 0 aromatic rings. The highest BCUT2D eigenvalue weighted by molar-refractivity contribution is 7.85. The molecule has 258 valence electrons. The highest BCUT2D eigenvalue weighted by Gasteiger charge is 2.27. The number of carbonyl (C=O) groups is 1. The van der Waals surface area contributed by atoms with E-state index in [0.29, 0.717) is 12.8 Å². The van der Waals surface area contributed by atoms with E-state index < -0.39 is 40.0 Å². The minimum Gasteiger partial charge on any atom is -0.387 e. The maximum absolute atomic E-state index is 12.5. The summed E-state index contributed by atoms with van der Waals surface area (Å²) in [5.41, 5.74) is 0. The molecule has 0 aromatic carbocycles. The van der Waals surface area contributed by atoms with Gasteiger partial charge in [-0.15, -0.1) is 0 Å². The number of hydrogen-bond donors (Lipinski definition) is 4. The van der Waals surface area contributed by atoms with Crippen molar-refractivity contribution in [2.45, 2.75) is 180 Å². The summed E-state index contributed by atoms with van der Waals surface area (Å²) in [5.74, 6) is -1.57. The normalized spacial score (nSPS) is 14.6. The second-order valence-corrected chi connectivity index (χ2v) is 13.7. The smallest absolute Gasteiger partial charge is 0.267 e. The summed E-state index contributed by atoms with van der Waals surface area (Å²) in [4.78, 5) is 12.5. The van der Waals surface area contributed by atoms with Gasteiger partial charge in [-0.2, -0.15) is 8.42 Å². The standard InChI is InChI=1S/C36H67NO6S/c1-3-5-7-9-11-13-15-16-17-18-19-20-21-23-25-27-29-31-35(39)36(40)37-33(32-44(41,42)43)34(38)30-28-26-24-22-14-12-10-8-6-4-2/h6,8,14,22,28,30,33-35,38-39H,3-5,7,9-13,15-21,23-27,29,31-32H2,1-2H3,(H,37,40)(H,41,42,43)/b8-6+,22-14+,30-28+. The molecule has 3 atom stereocenters. The molecule has 3 unspecified atom stereocenters. The summed E-state index contributed by atoms with van der Waals surface area (Å²) >= 11 is 0. The lowest BCUT2D eigenvalue weighted by molar-refractivity contribution is -0.130. The van der Waals surface area contributed by atoms with Crippen LogP contribution in [0.4, 0.5) is 0 Å². The Morgan fingerprint density at radius 3 is 1.48 bits per heavy atom. The van der Waals surface area contributed by atoms with Crippen LogP contribution in [0.3, 0.4) is 0 Å². The monoisotopic (exact) mass is 641 g/mol. The predicted molar refractivity (Wildman–Crippen MR) is 185 cm³/mol. The molecule has 0 rings (SSSR count). The quantitative estimate of drug-likeness (QED) is 0.0341. The molecule has 7 nitrogen and oxygen atoms in total. The van der Waals surface area contributed by atoms with Crippen molar-refractivity contribution < 1.29 is 28.0 Å². The summed E-state index contributed by atoms with van der Waals surface area (Å²) in [6.45, 7) is 4.36. The van der Waals surface area contributed by atoms with E-state index in [1.165, 1.54) is 89.5 Å². The van der Waals surface area contributed by atoms with E-state index in [1.54, 1.807) is 6.08 Å². The molecule has 0 saturated heterocycles. The van der Waals surface area contributed by atoms with Crippen molar-refractivity contribution >= 4 is 16.0 Å². The fourth-order valence-electron chi connectivity index (χ4n) is 5.20. The number of nitrogens with one attached hydrogen (secondary N) is 1. The van der Waals surface area contributed by atoms with Gasteiger partial charge in [-0.25, -0.2) is 0 Å². The van der Waals surface area contributed by atoms with Crippen LogP contribution in [0, 0.1) is 0 Å². The van der Waals surface area contributed by atoms with Gasteiger partial charge in [0.25, 0.3) is 10.1 Å². The average molecular weight is 642 g/mol. The van der Waals surface area contributed by atoms with Crippen molar-refractivity contribution in [2.75, 3.05) is 5.75 Å². The molecule has 44 heavy (non-hydrogen) atoms. The second kappa shape index (κ2) is 30.2. The molecular weight excluding hydrogens is 574 g/mol. The van der Waals surface area contributed by atoms with Crippen LogP contribution in [0.15, 0.2) is 36.5 Å². The highest BCUT2D eigenvalue weighted by Crippen LogP contribution is 2.15. The van der Waals surface area contributed by atoms with Crippen molar-refractivity contribution in [2.24, 2.45) is 0 Å². The van der Waals surface area contributed by atoms with Gasteiger partial charge in [0.05, 0.1) is 17.9 Å². The molecule has 0 aromatic heterocycles. The Morgan fingerprint density at radius 2 is 1.05 bits per heavy atom. The maximum atomic E-state index is 12.5. The van der Waals surface area contributed by atoms with Crippen LogP contribution in [0.2, 0.25) is 0 Å². The molecule has 0 aliphatic heterocycles. The number of aliphatic hydroxyl groups is 2. The Labute approximate surface area is 270 Å². The van der Waals surface area contributed by atoms with Gasteiger partial charge < -0.3 is 15.5 Å². The van der Waals surface area contributed by atoms with Crippen molar-refractivity contribution in [3.63, 3.8) is 0 Å². The Kier molecular flexibility index (Phi) is 29.2. The van der Waals surface area contributed by atoms with Gasteiger partial charge in [-0.1, -0.05) is 159 Å². The average Bonchev–Trinajstić information content (AvgIpc) is 2.98. The third kappa shape index (κ3) is 29.2. The van der Waals surface area contributed by atoms with Crippen molar-refractivity contribution in [3.8, 4) is 0 Å². The molecule has 0 saturated carbocycles. The van der Waals surface area contributed by atoms with Crippen LogP contribution in [0.25, 0.3) is 0 Å². The summed E-state index contributed by atoms with van der Waals surface area (Å²) in [5, 5.41) is 23.2. The Hall–Kier alpha value is -1.48. The van der Waals surface area contributed by atoms with Gasteiger partial charge in [-0.3, -0.25) is 9.35 Å². The van der Waals surface area contributed by atoms with E-state index in [0.717, 1.165) is 44.9 Å². The van der Waals surface area contributed by atoms with Crippen LogP contribution in [0.5, 0.6) is 0 Å². The van der Waals surface area contributed by atoms with E-state index in [9.17, 15) is 28.0 Å². The maximum Gasteiger partial charge on any atom is 0.267 e. The minimum atomic E-state index is -4.44. The lowest BCUT2D eigenvalue weighted by Gasteiger charge is -2.22. The predicted octanol–water partition coefficient (Wildman–Crippen LogP) is 8.76. The number of carbonyl (C=O) groups excluding carboxylic acids is 1. The van der Waals surface area contributed by atoms with Gasteiger partial charge in [-0.05, 0) is 38.5 Å². The molecule has 4 N–H and O–H groups in total. The highest BCUT2D eigenvalue weighted by atomic mass is 32.2. The molecule has 1 amide bonds. The molecule has 0 fully saturated rings. The number of amides is 1. The van der Waals surface area contributed by atoms with Crippen LogP contribution >= 0.6 is 0 Å². The number of aliphatic hydroxyl groups excluding tert-OH is 2. The number of rotatable bonds is 31. The van der Waals surface area contributed by atoms with Crippen LogP contribution in [-0.4, -0.2) is 53.1 Å². The third-order valence-electron chi connectivity index (χ3n) is 7.92. The van der Waals surface area contributed by atoms with Gasteiger partial charge in [0.1, 0.15) is 6.10 Å². The Balaban J connectivity index is 4.09. The SMILES string of the molecule is CC/C=C/CC/C=C/CC/C=C/C(O)C(CS(=O)(=O)O)NC(=O)C(O)CCCCCCCCCCCCCCCCCCC. The fraction of sp³-hybridized carbons (Fsp3) is 0.806. The first-order valence-electron chi connectivity index (χ1n) is 17.8. The first kappa shape index (κ1) is 42.5. The summed E-state index contributed by atoms with van der Waals surface area (Å²) in [7, 11) is -4.44. The van der Waals surface area contributed by atoms with Crippen molar-refractivity contribution in [1.82, 2.24) is 5.32 Å². The zero-order valence-corrected chi connectivity index (χ0v) is 29.0. The lowest BCUT2D eigenvalue weighted by atomic mass is 10.0. The van der Waals surface area contributed by atoms with E-state index >= 15 is 0 Å². The van der Waals surface area contributed by atoms with Crippen LogP contribution in [0.1, 0.15) is 162 Å². The fourth-order valence-corrected chi connectivity index (χ4v) is 5.93. The number of unbranched alkanes of at least 4 members (excludes halogenated alkanes) is 18. The van der Waals surface area contributed by atoms with Crippen LogP contribution in [-0.2, 0) is 14.9 Å². The van der Waals surface area contributed by atoms with Gasteiger partial charge in [0, 0.05) is 0 Å². The number of hydrogen-bond acceptors (Lipinski definition) is 5. The molecular formula is C36H67NO6S. The molecule has 0 aliphatic carbocycles. The molecule has 0 radical (unpaired) electrons. The van der Waals surface area contributed by atoms with E-state index in [4.69, 9.17) is 0 Å². The summed E-state index contributed by atoms with van der Waals surface area (Å²) < 4.78 is 32.3. The first-order valence-corrected chi connectivity index (χ1v) is 19.4. The number of allylic oxidation sites excluding steroid dienone is 5. The zero-order chi connectivity index (χ0) is 32.7. The lowest BCUT2D eigenvalue weighted by Crippen LogP contribution is -2.50. The Bertz CT molecular complexity index is 855. The minimum absolute atomic E-state index is 0.273. The molecule has 0 heterocycles. The third-order valence-corrected chi connectivity index (χ3v) is 8.70. The molecule has 0 spiro atoms. The Morgan fingerprint density at radius 1 is 0.636 bits per heavy atom. The summed E-state index contributed by atoms with van der Waals surface area (Å²) in [6, 6.07) is -1.25. The zero-order valence-electron chi connectivity index (χ0n) is 28.1. The summed E-state index contributed by atoms with van der Waals surface area (Å²) in [6.07, 6.45) is 35.0. The largest absolute Gasteiger partial charge is 0.387 e. The first-order chi connectivity index (χ1) is 21.2. The topological polar surface area (TPSA) is 124 Å². The van der Waals surface area contributed by atoms with E-state index in [2.05, 4.69) is 43.5 Å². The molecule has 0 bridgehead atoms. The molecule has 8 heteroatoms. The van der Waals surface area contributed by atoms with Gasteiger partial charge >= 0.3 is 0 Å². The molecule has 0 aliphatic rings. The van der Waals surface area contributed by atoms with Crippen molar-refractivity contribution in [3.05, 3.63) is 36.5 Å². The van der Waals surface area contributed by atoms with Crippen LogP contribution < -0.4 is 5.32 Å². The van der Waals surface area contributed by atoms with E-state index in [1.807, 2.05) is 0 Å². The van der Waals surface area contributed by atoms with Crippen molar-refractivity contribution in [1.29, 1.82) is 0 Å².